The number of fused-ring (bicyclic) bond motifs is 1. The lowest BCUT2D eigenvalue weighted by Crippen LogP contribution is -2.46. The van der Waals surface area contributed by atoms with Crippen molar-refractivity contribution in [2.75, 3.05) is 13.1 Å². The maximum absolute atomic E-state index is 13.7. The molecule has 1 saturated carbocycles. The molecule has 1 aliphatic heterocycles. The second-order valence-corrected chi connectivity index (χ2v) is 11.5. The van der Waals surface area contributed by atoms with Gasteiger partial charge in [0, 0.05) is 25.0 Å². The molecular formula is C26H32N2O3S. The van der Waals surface area contributed by atoms with E-state index in [2.05, 4.69) is 29.2 Å². The summed E-state index contributed by atoms with van der Waals surface area (Å²) in [6.45, 7) is 0.872. The molecule has 2 aromatic carbocycles. The van der Waals surface area contributed by atoms with Crippen molar-refractivity contribution in [1.29, 1.82) is 0 Å². The highest BCUT2D eigenvalue weighted by Crippen LogP contribution is 2.42. The quantitative estimate of drug-likeness (QED) is 0.657. The van der Waals surface area contributed by atoms with Crippen molar-refractivity contribution in [3.05, 3.63) is 71.3 Å². The molecule has 5 rings (SSSR count). The van der Waals surface area contributed by atoms with Gasteiger partial charge in [0.05, 0.1) is 11.8 Å². The van der Waals surface area contributed by atoms with Gasteiger partial charge in [0.1, 0.15) is 0 Å². The molecule has 0 spiro atoms. The minimum Gasteiger partial charge on any atom is -0.332 e. The first-order chi connectivity index (χ1) is 15.5. The highest BCUT2D eigenvalue weighted by molar-refractivity contribution is 7.88. The predicted molar refractivity (Wildman–Crippen MR) is 125 cm³/mol. The van der Waals surface area contributed by atoms with E-state index in [4.69, 9.17) is 0 Å². The lowest BCUT2D eigenvalue weighted by atomic mass is 9.85. The largest absolute Gasteiger partial charge is 0.332 e. The summed E-state index contributed by atoms with van der Waals surface area (Å²) in [5.41, 5.74) is 3.51. The van der Waals surface area contributed by atoms with Crippen LogP contribution in [0.1, 0.15) is 61.3 Å². The number of carbonyl (C=O) groups excluding carboxylic acids is 1. The number of benzene rings is 2. The summed E-state index contributed by atoms with van der Waals surface area (Å²) in [4.78, 5) is 15.9. The van der Waals surface area contributed by atoms with Crippen LogP contribution in [0.5, 0.6) is 0 Å². The van der Waals surface area contributed by atoms with Crippen molar-refractivity contribution in [2.45, 2.75) is 62.8 Å². The van der Waals surface area contributed by atoms with Crippen LogP contribution in [0.2, 0.25) is 0 Å². The van der Waals surface area contributed by atoms with Crippen molar-refractivity contribution in [3.63, 3.8) is 0 Å². The number of carbonyl (C=O) groups is 1. The monoisotopic (exact) mass is 452 g/mol. The fourth-order valence-electron chi connectivity index (χ4n) is 5.43. The standard InChI is InChI=1S/C26H32N2O3S/c29-26(28(23-13-14-23)25-12-6-10-21-9-4-5-11-24(21)25)22-15-17-27(18-16-22)32(30,31)19-20-7-2-1-3-8-20/h1-5,7-9,11,22-23,25H,6,10,12-19H2. The Morgan fingerprint density at radius 3 is 2.31 bits per heavy atom. The molecule has 1 saturated heterocycles. The predicted octanol–water partition coefficient (Wildman–Crippen LogP) is 4.30. The maximum atomic E-state index is 13.7. The van der Waals surface area contributed by atoms with E-state index in [-0.39, 0.29) is 23.6 Å². The van der Waals surface area contributed by atoms with Crippen LogP contribution in [0, 0.1) is 5.92 Å². The Morgan fingerprint density at radius 1 is 0.906 bits per heavy atom. The maximum Gasteiger partial charge on any atom is 0.226 e. The molecule has 3 aliphatic rings. The topological polar surface area (TPSA) is 57.7 Å². The minimum absolute atomic E-state index is 0.0273. The lowest BCUT2D eigenvalue weighted by molar-refractivity contribution is -0.140. The van der Waals surface area contributed by atoms with E-state index in [0.717, 1.165) is 37.7 Å². The van der Waals surface area contributed by atoms with Gasteiger partial charge in [-0.3, -0.25) is 4.79 Å². The Balaban J connectivity index is 1.27. The second-order valence-electron chi connectivity index (χ2n) is 9.50. The summed E-state index contributed by atoms with van der Waals surface area (Å²) in [6, 6.07) is 18.4. The molecule has 1 atom stereocenters. The van der Waals surface area contributed by atoms with Gasteiger partial charge in [-0.05, 0) is 61.6 Å². The zero-order chi connectivity index (χ0) is 22.1. The smallest absolute Gasteiger partial charge is 0.226 e. The van der Waals surface area contributed by atoms with Crippen molar-refractivity contribution in [2.24, 2.45) is 5.92 Å². The van der Waals surface area contributed by atoms with Crippen molar-refractivity contribution in [1.82, 2.24) is 9.21 Å². The molecule has 0 aromatic heterocycles. The first kappa shape index (κ1) is 21.7. The molecule has 6 heteroatoms. The molecule has 2 aromatic rings. The average molecular weight is 453 g/mol. The van der Waals surface area contributed by atoms with E-state index < -0.39 is 10.0 Å². The van der Waals surface area contributed by atoms with Crippen LogP contribution in [0.4, 0.5) is 0 Å². The normalized spacial score (nSPS) is 22.3. The van der Waals surface area contributed by atoms with Gasteiger partial charge < -0.3 is 4.90 Å². The third-order valence-corrected chi connectivity index (χ3v) is 9.11. The Bertz CT molecular complexity index is 1060. The molecule has 0 radical (unpaired) electrons. The fourth-order valence-corrected chi connectivity index (χ4v) is 6.99. The molecule has 2 fully saturated rings. The highest BCUT2D eigenvalue weighted by atomic mass is 32.2. The van der Waals surface area contributed by atoms with Gasteiger partial charge in [-0.2, -0.15) is 0 Å². The van der Waals surface area contributed by atoms with Gasteiger partial charge in [0.2, 0.25) is 15.9 Å². The van der Waals surface area contributed by atoms with Gasteiger partial charge in [-0.25, -0.2) is 12.7 Å². The van der Waals surface area contributed by atoms with Crippen LogP contribution >= 0.6 is 0 Å². The fraction of sp³-hybridized carbons (Fsp3) is 0.500. The summed E-state index contributed by atoms with van der Waals surface area (Å²) in [6.07, 6.45) is 6.66. The summed E-state index contributed by atoms with van der Waals surface area (Å²) < 4.78 is 27.4. The van der Waals surface area contributed by atoms with Crippen LogP contribution in [0.15, 0.2) is 54.6 Å². The second kappa shape index (κ2) is 8.99. The number of piperidine rings is 1. The molecular weight excluding hydrogens is 420 g/mol. The number of hydrogen-bond acceptors (Lipinski definition) is 3. The number of rotatable bonds is 6. The van der Waals surface area contributed by atoms with E-state index in [1.807, 2.05) is 30.3 Å². The molecule has 1 unspecified atom stereocenters. The van der Waals surface area contributed by atoms with Gasteiger partial charge in [0.15, 0.2) is 0 Å². The third-order valence-electron chi connectivity index (χ3n) is 7.26. The first-order valence-corrected chi connectivity index (χ1v) is 13.6. The number of amides is 1. The Morgan fingerprint density at radius 2 is 1.59 bits per heavy atom. The van der Waals surface area contributed by atoms with Crippen molar-refractivity contribution >= 4 is 15.9 Å². The van der Waals surface area contributed by atoms with Crippen LogP contribution < -0.4 is 0 Å². The van der Waals surface area contributed by atoms with Crippen LogP contribution in [0.3, 0.4) is 0 Å². The zero-order valence-electron chi connectivity index (χ0n) is 18.5. The molecule has 32 heavy (non-hydrogen) atoms. The molecule has 2 aliphatic carbocycles. The molecule has 0 bridgehead atoms. The van der Waals surface area contributed by atoms with Crippen LogP contribution in [-0.4, -0.2) is 42.7 Å². The number of sulfonamides is 1. The molecule has 0 N–H and O–H groups in total. The van der Waals surface area contributed by atoms with Gasteiger partial charge >= 0.3 is 0 Å². The number of hydrogen-bond donors (Lipinski definition) is 0. The third kappa shape index (κ3) is 4.48. The molecule has 170 valence electrons. The van der Waals surface area contributed by atoms with Gasteiger partial charge in [-0.15, -0.1) is 0 Å². The molecule has 1 heterocycles. The van der Waals surface area contributed by atoms with Crippen LogP contribution in [-0.2, 0) is 27.0 Å². The van der Waals surface area contributed by atoms with Gasteiger partial charge in [0.25, 0.3) is 0 Å². The minimum atomic E-state index is -3.36. The Hall–Kier alpha value is -2.18. The van der Waals surface area contributed by atoms with Crippen molar-refractivity contribution < 1.29 is 13.2 Å². The molecule has 1 amide bonds. The summed E-state index contributed by atoms with van der Waals surface area (Å²) in [7, 11) is -3.36. The molecule has 5 nitrogen and oxygen atoms in total. The summed E-state index contributed by atoms with van der Waals surface area (Å²) in [5, 5.41) is 0. The van der Waals surface area contributed by atoms with Crippen molar-refractivity contribution in [3.8, 4) is 0 Å². The Kier molecular flexibility index (Phi) is 6.08. The van der Waals surface area contributed by atoms with Crippen LogP contribution in [0.25, 0.3) is 0 Å². The van der Waals surface area contributed by atoms with Gasteiger partial charge in [-0.1, -0.05) is 54.6 Å². The first-order valence-electron chi connectivity index (χ1n) is 11.9. The van der Waals surface area contributed by atoms with E-state index in [0.29, 0.717) is 32.0 Å². The highest BCUT2D eigenvalue weighted by Gasteiger charge is 2.42. The van der Waals surface area contributed by atoms with E-state index >= 15 is 0 Å². The number of nitrogens with zero attached hydrogens (tertiary/aromatic N) is 2. The SMILES string of the molecule is O=C(C1CCN(S(=O)(=O)Cc2ccccc2)CC1)N(C1CC1)C1CCCc2ccccc21. The zero-order valence-corrected chi connectivity index (χ0v) is 19.3. The Labute approximate surface area is 191 Å². The van der Waals surface area contributed by atoms with E-state index in [9.17, 15) is 13.2 Å². The summed E-state index contributed by atoms with van der Waals surface area (Å²) >= 11 is 0. The van der Waals surface area contributed by atoms with E-state index in [1.54, 1.807) is 4.31 Å². The summed E-state index contributed by atoms with van der Waals surface area (Å²) in [5.74, 6) is 0.196. The van der Waals surface area contributed by atoms with E-state index in [1.165, 1.54) is 11.1 Å². The lowest BCUT2D eigenvalue weighted by Gasteiger charge is -2.40. The average Bonchev–Trinajstić information content (AvgIpc) is 3.65. The number of aryl methyl sites for hydroxylation is 1.